The number of benzene rings is 2. The number of nitrogens with zero attached hydrogens (tertiary/aromatic N) is 2. The molecule has 0 aliphatic heterocycles. The van der Waals surface area contributed by atoms with Crippen LogP contribution in [0.2, 0.25) is 0 Å². The standard InChI is InChI=1S/C18H19N3O3S/c1-13-6-5-9-15(10-13)18-20-17(24-21-18)11-19-25(22,23)12-16-8-4-3-7-14(16)2/h3-10,19H,11-12H2,1-2H3. The van der Waals surface area contributed by atoms with E-state index in [1.54, 1.807) is 6.07 Å². The zero-order chi connectivity index (χ0) is 17.9. The molecule has 0 radical (unpaired) electrons. The predicted octanol–water partition coefficient (Wildman–Crippen LogP) is 2.97. The first-order chi connectivity index (χ1) is 11.9. The van der Waals surface area contributed by atoms with E-state index >= 15 is 0 Å². The molecule has 0 unspecified atom stereocenters. The summed E-state index contributed by atoms with van der Waals surface area (Å²) in [7, 11) is -3.50. The van der Waals surface area contributed by atoms with Gasteiger partial charge in [-0.1, -0.05) is 53.2 Å². The lowest BCUT2D eigenvalue weighted by Gasteiger charge is -2.07. The van der Waals surface area contributed by atoms with Gasteiger partial charge in [0.25, 0.3) is 0 Å². The maximum Gasteiger partial charge on any atom is 0.242 e. The van der Waals surface area contributed by atoms with Crippen molar-refractivity contribution in [3.8, 4) is 11.4 Å². The summed E-state index contributed by atoms with van der Waals surface area (Å²) in [6.07, 6.45) is 0. The number of hydrogen-bond acceptors (Lipinski definition) is 5. The molecule has 1 aromatic heterocycles. The van der Waals surface area contributed by atoms with Crippen molar-refractivity contribution in [2.45, 2.75) is 26.1 Å². The normalized spacial score (nSPS) is 11.6. The van der Waals surface area contributed by atoms with Crippen molar-refractivity contribution >= 4 is 10.0 Å². The molecule has 0 saturated carbocycles. The van der Waals surface area contributed by atoms with E-state index in [2.05, 4.69) is 14.9 Å². The van der Waals surface area contributed by atoms with E-state index < -0.39 is 10.0 Å². The van der Waals surface area contributed by atoms with Crippen LogP contribution in [0.25, 0.3) is 11.4 Å². The van der Waals surface area contributed by atoms with Crippen LogP contribution < -0.4 is 4.72 Å². The molecule has 3 rings (SSSR count). The van der Waals surface area contributed by atoms with Gasteiger partial charge < -0.3 is 4.52 Å². The van der Waals surface area contributed by atoms with E-state index in [9.17, 15) is 8.42 Å². The summed E-state index contributed by atoms with van der Waals surface area (Å²) in [5.74, 6) is 0.583. The monoisotopic (exact) mass is 357 g/mol. The van der Waals surface area contributed by atoms with Gasteiger partial charge in [-0.05, 0) is 31.0 Å². The fraction of sp³-hybridized carbons (Fsp3) is 0.222. The van der Waals surface area contributed by atoms with Gasteiger partial charge in [-0.25, -0.2) is 13.1 Å². The summed E-state index contributed by atoms with van der Waals surface area (Å²) in [4.78, 5) is 4.24. The summed E-state index contributed by atoms with van der Waals surface area (Å²) in [6.45, 7) is 3.83. The number of rotatable bonds is 6. The van der Waals surface area contributed by atoms with Crippen LogP contribution in [0, 0.1) is 13.8 Å². The van der Waals surface area contributed by atoms with Crippen molar-refractivity contribution in [3.05, 3.63) is 71.1 Å². The highest BCUT2D eigenvalue weighted by molar-refractivity contribution is 7.88. The first kappa shape index (κ1) is 17.3. The summed E-state index contributed by atoms with van der Waals surface area (Å²) >= 11 is 0. The van der Waals surface area contributed by atoms with Crippen LogP contribution in [-0.2, 0) is 22.3 Å². The van der Waals surface area contributed by atoms with Gasteiger partial charge in [0.1, 0.15) is 0 Å². The molecular weight excluding hydrogens is 338 g/mol. The van der Waals surface area contributed by atoms with Gasteiger partial charge >= 0.3 is 0 Å². The Morgan fingerprint density at radius 1 is 1.08 bits per heavy atom. The fourth-order valence-electron chi connectivity index (χ4n) is 2.43. The molecule has 0 amide bonds. The summed E-state index contributed by atoms with van der Waals surface area (Å²) in [5, 5.41) is 3.91. The lowest BCUT2D eigenvalue weighted by Crippen LogP contribution is -2.25. The van der Waals surface area contributed by atoms with Crippen LogP contribution in [0.3, 0.4) is 0 Å². The van der Waals surface area contributed by atoms with Gasteiger partial charge in [0.05, 0.1) is 12.3 Å². The van der Waals surface area contributed by atoms with E-state index in [-0.39, 0.29) is 18.2 Å². The Hall–Kier alpha value is -2.51. The molecule has 0 fully saturated rings. The minimum atomic E-state index is -3.50. The minimum absolute atomic E-state index is 0.0347. The molecule has 7 heteroatoms. The van der Waals surface area contributed by atoms with Gasteiger partial charge in [-0.15, -0.1) is 0 Å². The lowest BCUT2D eigenvalue weighted by molar-refractivity contribution is 0.376. The number of aryl methyl sites for hydroxylation is 2. The number of aromatic nitrogens is 2. The van der Waals surface area contributed by atoms with E-state index in [0.29, 0.717) is 5.82 Å². The molecule has 0 atom stereocenters. The second-order valence-corrected chi connectivity index (χ2v) is 7.69. The van der Waals surface area contributed by atoms with Crippen LogP contribution in [0.4, 0.5) is 0 Å². The Morgan fingerprint density at radius 2 is 1.88 bits per heavy atom. The van der Waals surface area contributed by atoms with Gasteiger partial charge in [0.15, 0.2) is 0 Å². The zero-order valence-corrected chi connectivity index (χ0v) is 14.9. The summed E-state index contributed by atoms with van der Waals surface area (Å²) in [6, 6.07) is 15.1. The third-order valence-corrected chi connectivity index (χ3v) is 5.07. The topological polar surface area (TPSA) is 85.1 Å². The fourth-order valence-corrected chi connectivity index (χ4v) is 3.61. The summed E-state index contributed by atoms with van der Waals surface area (Å²) in [5.41, 5.74) is 3.62. The van der Waals surface area contributed by atoms with Crippen LogP contribution >= 0.6 is 0 Å². The van der Waals surface area contributed by atoms with Gasteiger partial charge in [0, 0.05) is 5.56 Å². The number of sulfonamides is 1. The van der Waals surface area contributed by atoms with E-state index in [1.165, 1.54) is 0 Å². The Balaban J connectivity index is 1.66. The molecule has 25 heavy (non-hydrogen) atoms. The molecule has 0 saturated heterocycles. The first-order valence-corrected chi connectivity index (χ1v) is 9.50. The molecule has 1 N–H and O–H groups in total. The second kappa shape index (κ2) is 7.16. The van der Waals surface area contributed by atoms with Gasteiger partial charge in [0.2, 0.25) is 21.7 Å². The zero-order valence-electron chi connectivity index (χ0n) is 14.1. The van der Waals surface area contributed by atoms with Crippen molar-refractivity contribution in [1.82, 2.24) is 14.9 Å². The summed E-state index contributed by atoms with van der Waals surface area (Å²) < 4.78 is 32.1. The molecule has 3 aromatic rings. The molecule has 0 bridgehead atoms. The van der Waals surface area contributed by atoms with Crippen molar-refractivity contribution < 1.29 is 12.9 Å². The minimum Gasteiger partial charge on any atom is -0.338 e. The smallest absolute Gasteiger partial charge is 0.242 e. The average Bonchev–Trinajstić information content (AvgIpc) is 3.04. The number of nitrogens with one attached hydrogen (secondary N) is 1. The lowest BCUT2D eigenvalue weighted by atomic mass is 10.1. The van der Waals surface area contributed by atoms with Crippen LogP contribution in [0.15, 0.2) is 53.1 Å². The van der Waals surface area contributed by atoms with E-state index in [4.69, 9.17) is 4.52 Å². The third kappa shape index (κ3) is 4.52. The van der Waals surface area contributed by atoms with Crippen LogP contribution in [0.5, 0.6) is 0 Å². The highest BCUT2D eigenvalue weighted by atomic mass is 32.2. The molecular formula is C18H19N3O3S. The molecule has 0 aliphatic carbocycles. The van der Waals surface area contributed by atoms with Crippen molar-refractivity contribution in [2.75, 3.05) is 0 Å². The highest BCUT2D eigenvalue weighted by Gasteiger charge is 2.15. The average molecular weight is 357 g/mol. The second-order valence-electron chi connectivity index (χ2n) is 5.89. The predicted molar refractivity (Wildman–Crippen MR) is 95.1 cm³/mol. The molecule has 0 spiro atoms. The first-order valence-electron chi connectivity index (χ1n) is 7.84. The molecule has 2 aromatic carbocycles. The Morgan fingerprint density at radius 3 is 2.64 bits per heavy atom. The van der Waals surface area contributed by atoms with Gasteiger partial charge in [-0.3, -0.25) is 0 Å². The molecule has 6 nitrogen and oxygen atoms in total. The maximum absolute atomic E-state index is 12.2. The van der Waals surface area contributed by atoms with Crippen LogP contribution in [0.1, 0.15) is 22.6 Å². The van der Waals surface area contributed by atoms with E-state index in [0.717, 1.165) is 22.3 Å². The largest absolute Gasteiger partial charge is 0.338 e. The molecule has 1 heterocycles. The molecule has 130 valence electrons. The Kier molecular flexibility index (Phi) is 4.96. The van der Waals surface area contributed by atoms with Crippen LogP contribution in [-0.4, -0.2) is 18.6 Å². The quantitative estimate of drug-likeness (QED) is 0.733. The van der Waals surface area contributed by atoms with Crippen molar-refractivity contribution in [3.63, 3.8) is 0 Å². The maximum atomic E-state index is 12.2. The van der Waals surface area contributed by atoms with E-state index in [1.807, 2.05) is 56.3 Å². The highest BCUT2D eigenvalue weighted by Crippen LogP contribution is 2.17. The molecule has 0 aliphatic rings. The Labute approximate surface area is 147 Å². The SMILES string of the molecule is Cc1cccc(-c2noc(CNS(=O)(=O)Cc3ccccc3C)n2)c1. The van der Waals surface area contributed by atoms with Gasteiger partial charge in [-0.2, -0.15) is 4.98 Å². The third-order valence-electron chi connectivity index (χ3n) is 3.79. The Bertz CT molecular complexity index is 980. The van der Waals surface area contributed by atoms with Crippen molar-refractivity contribution in [1.29, 1.82) is 0 Å². The van der Waals surface area contributed by atoms with Crippen molar-refractivity contribution in [2.24, 2.45) is 0 Å². The number of hydrogen-bond donors (Lipinski definition) is 1.